The molecule has 2 unspecified atom stereocenters. The first-order chi connectivity index (χ1) is 9.56. The van der Waals surface area contributed by atoms with Gasteiger partial charge in [-0.05, 0) is 26.8 Å². The highest BCUT2D eigenvalue weighted by molar-refractivity contribution is 5.76. The molecule has 0 bridgehead atoms. The molecule has 1 rings (SSSR count). The number of nitrogens with one attached hydrogen (secondary N) is 3. The lowest BCUT2D eigenvalue weighted by Gasteiger charge is -2.10. The normalized spacial score (nSPS) is 13.8. The van der Waals surface area contributed by atoms with Gasteiger partial charge < -0.3 is 20.4 Å². The van der Waals surface area contributed by atoms with Gasteiger partial charge in [-0.1, -0.05) is 18.9 Å². The minimum absolute atomic E-state index is 0.0209. The Hall–Kier alpha value is -1.63. The number of aromatic nitrogens is 2. The van der Waals surface area contributed by atoms with E-state index < -0.39 is 0 Å². The number of carbonyl (C=O) groups is 1. The lowest BCUT2D eigenvalue weighted by atomic mass is 10.2. The highest BCUT2D eigenvalue weighted by Gasteiger charge is 2.12. The van der Waals surface area contributed by atoms with E-state index in [0.717, 1.165) is 13.0 Å². The lowest BCUT2D eigenvalue weighted by molar-refractivity contribution is -0.121. The van der Waals surface area contributed by atoms with E-state index in [1.54, 1.807) is 0 Å². The van der Waals surface area contributed by atoms with Gasteiger partial charge in [-0.25, -0.2) is 0 Å². The molecule has 1 aromatic rings. The molecule has 114 valence electrons. The third kappa shape index (κ3) is 5.56. The standard InChI is InChI=1S/C13H25N5O2/c1-5-9(3)16-11(19)7-8-15-13-18-17-12(20-13)10(4)14-6-2/h9-10,14H,5-8H2,1-4H3,(H,15,18)(H,16,19). The Balaban J connectivity index is 2.30. The Morgan fingerprint density at radius 2 is 2.05 bits per heavy atom. The zero-order valence-corrected chi connectivity index (χ0v) is 12.7. The summed E-state index contributed by atoms with van der Waals surface area (Å²) in [6, 6.07) is 0.580. The Labute approximate surface area is 119 Å². The quantitative estimate of drug-likeness (QED) is 0.635. The zero-order chi connectivity index (χ0) is 15.0. The largest absolute Gasteiger partial charge is 0.406 e. The Kier molecular flexibility index (Phi) is 7.00. The maximum absolute atomic E-state index is 11.6. The lowest BCUT2D eigenvalue weighted by Crippen LogP contribution is -2.32. The minimum Gasteiger partial charge on any atom is -0.406 e. The molecule has 0 saturated heterocycles. The molecule has 0 saturated carbocycles. The van der Waals surface area contributed by atoms with E-state index in [4.69, 9.17) is 4.42 Å². The van der Waals surface area contributed by atoms with Crippen LogP contribution in [0, 0.1) is 0 Å². The molecule has 20 heavy (non-hydrogen) atoms. The van der Waals surface area contributed by atoms with Crippen LogP contribution in [-0.4, -0.2) is 35.2 Å². The molecule has 0 aliphatic carbocycles. The molecule has 0 spiro atoms. The maximum Gasteiger partial charge on any atom is 0.315 e. The number of amides is 1. The second kappa shape index (κ2) is 8.52. The van der Waals surface area contributed by atoms with Crippen molar-refractivity contribution in [2.75, 3.05) is 18.4 Å². The molecule has 0 radical (unpaired) electrons. The fourth-order valence-electron chi connectivity index (χ4n) is 1.61. The van der Waals surface area contributed by atoms with Crippen LogP contribution in [0.15, 0.2) is 4.42 Å². The Morgan fingerprint density at radius 3 is 2.70 bits per heavy atom. The van der Waals surface area contributed by atoms with Crippen LogP contribution < -0.4 is 16.0 Å². The fraction of sp³-hybridized carbons (Fsp3) is 0.769. The minimum atomic E-state index is 0.0209. The van der Waals surface area contributed by atoms with Crippen LogP contribution in [0.3, 0.4) is 0 Å². The first-order valence-electron chi connectivity index (χ1n) is 7.16. The van der Waals surface area contributed by atoms with Gasteiger partial charge in [0, 0.05) is 19.0 Å². The topological polar surface area (TPSA) is 92.1 Å². The van der Waals surface area contributed by atoms with Gasteiger partial charge in [-0.2, -0.15) is 0 Å². The summed E-state index contributed by atoms with van der Waals surface area (Å²) in [5.74, 6) is 0.561. The molecular weight excluding hydrogens is 258 g/mol. The van der Waals surface area contributed by atoms with Gasteiger partial charge in [0.05, 0.1) is 6.04 Å². The summed E-state index contributed by atoms with van der Waals surface area (Å²) >= 11 is 0. The molecule has 1 amide bonds. The number of hydrogen-bond donors (Lipinski definition) is 3. The van der Waals surface area contributed by atoms with E-state index >= 15 is 0 Å². The van der Waals surface area contributed by atoms with Gasteiger partial charge in [0.2, 0.25) is 11.8 Å². The smallest absolute Gasteiger partial charge is 0.315 e. The maximum atomic E-state index is 11.6. The van der Waals surface area contributed by atoms with Crippen molar-refractivity contribution < 1.29 is 9.21 Å². The van der Waals surface area contributed by atoms with Crippen LogP contribution in [-0.2, 0) is 4.79 Å². The van der Waals surface area contributed by atoms with Crippen LogP contribution in [0.5, 0.6) is 0 Å². The van der Waals surface area contributed by atoms with Crippen molar-refractivity contribution >= 4 is 11.9 Å². The van der Waals surface area contributed by atoms with E-state index in [1.165, 1.54) is 0 Å². The molecule has 7 nitrogen and oxygen atoms in total. The predicted molar refractivity (Wildman–Crippen MR) is 77.4 cm³/mol. The molecule has 1 heterocycles. The molecular formula is C13H25N5O2. The summed E-state index contributed by atoms with van der Waals surface area (Å²) in [5, 5.41) is 16.9. The Morgan fingerprint density at radius 1 is 1.30 bits per heavy atom. The zero-order valence-electron chi connectivity index (χ0n) is 12.7. The van der Waals surface area contributed by atoms with E-state index in [-0.39, 0.29) is 18.0 Å². The van der Waals surface area contributed by atoms with E-state index in [0.29, 0.717) is 24.9 Å². The highest BCUT2D eigenvalue weighted by Crippen LogP contribution is 2.13. The summed E-state index contributed by atoms with van der Waals surface area (Å²) in [6.07, 6.45) is 1.30. The number of nitrogens with zero attached hydrogens (tertiary/aromatic N) is 2. The van der Waals surface area contributed by atoms with Gasteiger partial charge in [0.1, 0.15) is 0 Å². The summed E-state index contributed by atoms with van der Waals surface area (Å²) in [6.45, 7) is 9.30. The van der Waals surface area contributed by atoms with Crippen molar-refractivity contribution in [1.29, 1.82) is 0 Å². The highest BCUT2D eigenvalue weighted by atomic mass is 16.4. The second-order valence-corrected chi connectivity index (χ2v) is 4.78. The second-order valence-electron chi connectivity index (χ2n) is 4.78. The fourth-order valence-corrected chi connectivity index (χ4v) is 1.61. The SMILES string of the molecule is CCNC(C)c1nnc(NCCC(=O)NC(C)CC)o1. The van der Waals surface area contributed by atoms with Gasteiger partial charge in [0.15, 0.2) is 0 Å². The molecule has 3 N–H and O–H groups in total. The number of carbonyl (C=O) groups excluding carboxylic acids is 1. The average molecular weight is 283 g/mol. The number of hydrogen-bond acceptors (Lipinski definition) is 6. The van der Waals surface area contributed by atoms with E-state index in [9.17, 15) is 4.79 Å². The van der Waals surface area contributed by atoms with Gasteiger partial charge >= 0.3 is 6.01 Å². The van der Waals surface area contributed by atoms with Crippen LogP contribution in [0.1, 0.15) is 52.5 Å². The third-order valence-electron chi connectivity index (χ3n) is 2.97. The van der Waals surface area contributed by atoms with E-state index in [1.807, 2.05) is 27.7 Å². The summed E-state index contributed by atoms with van der Waals surface area (Å²) in [7, 11) is 0. The van der Waals surface area contributed by atoms with Crippen LogP contribution in [0.2, 0.25) is 0 Å². The number of anilines is 1. The molecule has 0 fully saturated rings. The molecule has 0 aliphatic rings. The third-order valence-corrected chi connectivity index (χ3v) is 2.97. The van der Waals surface area contributed by atoms with Crippen molar-refractivity contribution in [3.63, 3.8) is 0 Å². The molecule has 7 heteroatoms. The number of rotatable bonds is 9. The van der Waals surface area contributed by atoms with Crippen molar-refractivity contribution in [2.45, 2.75) is 52.6 Å². The van der Waals surface area contributed by atoms with Crippen LogP contribution in [0.25, 0.3) is 0 Å². The van der Waals surface area contributed by atoms with Crippen molar-refractivity contribution in [3.8, 4) is 0 Å². The van der Waals surface area contributed by atoms with Crippen molar-refractivity contribution in [1.82, 2.24) is 20.8 Å². The first kappa shape index (κ1) is 16.4. The summed E-state index contributed by atoms with van der Waals surface area (Å²) in [4.78, 5) is 11.6. The van der Waals surface area contributed by atoms with Crippen molar-refractivity contribution in [2.24, 2.45) is 0 Å². The first-order valence-corrected chi connectivity index (χ1v) is 7.16. The molecule has 2 atom stereocenters. The monoisotopic (exact) mass is 283 g/mol. The molecule has 1 aromatic heterocycles. The van der Waals surface area contributed by atoms with Crippen LogP contribution in [0.4, 0.5) is 6.01 Å². The van der Waals surface area contributed by atoms with Gasteiger partial charge in [-0.3, -0.25) is 4.79 Å². The van der Waals surface area contributed by atoms with Gasteiger partial charge in [-0.15, -0.1) is 5.10 Å². The van der Waals surface area contributed by atoms with Gasteiger partial charge in [0.25, 0.3) is 0 Å². The average Bonchev–Trinajstić information content (AvgIpc) is 2.87. The predicted octanol–water partition coefficient (Wildman–Crippen LogP) is 1.46. The van der Waals surface area contributed by atoms with Crippen LogP contribution >= 0.6 is 0 Å². The Bertz CT molecular complexity index is 407. The van der Waals surface area contributed by atoms with E-state index in [2.05, 4.69) is 26.1 Å². The van der Waals surface area contributed by atoms with Crippen molar-refractivity contribution in [3.05, 3.63) is 5.89 Å². The molecule has 0 aromatic carbocycles. The molecule has 0 aliphatic heterocycles. The summed E-state index contributed by atoms with van der Waals surface area (Å²) in [5.41, 5.74) is 0. The summed E-state index contributed by atoms with van der Waals surface area (Å²) < 4.78 is 5.45.